The molecule has 0 N–H and O–H groups in total. The largest absolute Gasteiger partial charge is 0.0654 e. The van der Waals surface area contributed by atoms with Crippen LogP contribution in [0.15, 0.2) is 60.7 Å². The van der Waals surface area contributed by atoms with Gasteiger partial charge in [-0.1, -0.05) is 86.8 Å². The normalized spacial score (nSPS) is 10.9. The zero-order chi connectivity index (χ0) is 14.0. The van der Waals surface area contributed by atoms with Gasteiger partial charge in [-0.05, 0) is 36.3 Å². The van der Waals surface area contributed by atoms with E-state index in [2.05, 4.69) is 67.6 Å². The summed E-state index contributed by atoms with van der Waals surface area (Å²) in [6.07, 6.45) is 7.79. The van der Waals surface area contributed by atoms with Crippen molar-refractivity contribution >= 4 is 0 Å². The molecule has 2 aromatic rings. The minimum absolute atomic E-state index is 0.770. The monoisotopic (exact) mass is 266 g/mol. The molecule has 20 heavy (non-hydrogen) atoms. The SMILES string of the molecule is CCCCCC(Cc1ccccc1)Cc1ccccc1. The van der Waals surface area contributed by atoms with Crippen LogP contribution in [0.5, 0.6) is 0 Å². The van der Waals surface area contributed by atoms with Gasteiger partial charge in [-0.25, -0.2) is 0 Å². The molecule has 2 rings (SSSR count). The summed E-state index contributed by atoms with van der Waals surface area (Å²) in [5.41, 5.74) is 2.95. The highest BCUT2D eigenvalue weighted by Gasteiger charge is 2.10. The predicted octanol–water partition coefficient (Wildman–Crippen LogP) is 5.67. The second-order valence-corrected chi connectivity index (χ2v) is 5.74. The minimum Gasteiger partial charge on any atom is -0.0654 e. The number of benzene rings is 2. The lowest BCUT2D eigenvalue weighted by Crippen LogP contribution is -2.08. The van der Waals surface area contributed by atoms with Crippen molar-refractivity contribution in [1.82, 2.24) is 0 Å². The van der Waals surface area contributed by atoms with E-state index in [1.807, 2.05) is 0 Å². The molecule has 106 valence electrons. The third-order valence-electron chi connectivity index (χ3n) is 3.95. The maximum absolute atomic E-state index is 2.28. The Morgan fingerprint density at radius 1 is 0.700 bits per heavy atom. The Hall–Kier alpha value is -1.56. The highest BCUT2D eigenvalue weighted by Crippen LogP contribution is 2.20. The van der Waals surface area contributed by atoms with E-state index in [4.69, 9.17) is 0 Å². The van der Waals surface area contributed by atoms with Gasteiger partial charge in [0.25, 0.3) is 0 Å². The lowest BCUT2D eigenvalue weighted by molar-refractivity contribution is 0.453. The Labute approximate surface area is 123 Å². The first-order valence-electron chi connectivity index (χ1n) is 7.96. The molecule has 0 aliphatic carbocycles. The topological polar surface area (TPSA) is 0 Å². The fourth-order valence-corrected chi connectivity index (χ4v) is 2.85. The summed E-state index contributed by atoms with van der Waals surface area (Å²) < 4.78 is 0. The Kier molecular flexibility index (Phi) is 6.37. The van der Waals surface area contributed by atoms with Crippen LogP contribution in [0.3, 0.4) is 0 Å². The number of unbranched alkanes of at least 4 members (excludes halogenated alkanes) is 2. The molecule has 0 fully saturated rings. The number of hydrogen-bond donors (Lipinski definition) is 0. The van der Waals surface area contributed by atoms with Crippen LogP contribution >= 0.6 is 0 Å². The molecule has 0 amide bonds. The van der Waals surface area contributed by atoms with Gasteiger partial charge in [-0.2, -0.15) is 0 Å². The molecule has 0 radical (unpaired) electrons. The van der Waals surface area contributed by atoms with Crippen LogP contribution in [0.1, 0.15) is 43.7 Å². The first kappa shape index (κ1) is 14.8. The molecular weight excluding hydrogens is 240 g/mol. The van der Waals surface area contributed by atoms with E-state index in [-0.39, 0.29) is 0 Å². The van der Waals surface area contributed by atoms with Crippen molar-refractivity contribution in [3.8, 4) is 0 Å². The molecule has 0 spiro atoms. The fourth-order valence-electron chi connectivity index (χ4n) is 2.85. The third kappa shape index (κ3) is 5.21. The van der Waals surface area contributed by atoms with E-state index < -0.39 is 0 Å². The van der Waals surface area contributed by atoms with Crippen molar-refractivity contribution in [3.63, 3.8) is 0 Å². The molecule has 0 aromatic heterocycles. The van der Waals surface area contributed by atoms with E-state index in [0.29, 0.717) is 0 Å². The van der Waals surface area contributed by atoms with Gasteiger partial charge in [0.2, 0.25) is 0 Å². The Balaban J connectivity index is 1.96. The maximum Gasteiger partial charge on any atom is -0.0247 e. The van der Waals surface area contributed by atoms with Crippen LogP contribution in [-0.4, -0.2) is 0 Å². The van der Waals surface area contributed by atoms with E-state index in [9.17, 15) is 0 Å². The van der Waals surface area contributed by atoms with E-state index in [1.165, 1.54) is 49.7 Å². The third-order valence-corrected chi connectivity index (χ3v) is 3.95. The van der Waals surface area contributed by atoms with E-state index in [0.717, 1.165) is 5.92 Å². The molecule has 0 aliphatic heterocycles. The molecule has 0 heteroatoms. The molecule has 0 nitrogen and oxygen atoms in total. The minimum atomic E-state index is 0.770. The lowest BCUT2D eigenvalue weighted by Gasteiger charge is -2.17. The first-order valence-corrected chi connectivity index (χ1v) is 7.96. The molecule has 0 unspecified atom stereocenters. The maximum atomic E-state index is 2.28. The fraction of sp³-hybridized carbons (Fsp3) is 0.400. The van der Waals surface area contributed by atoms with E-state index >= 15 is 0 Å². The zero-order valence-electron chi connectivity index (χ0n) is 12.6. The van der Waals surface area contributed by atoms with Crippen molar-refractivity contribution < 1.29 is 0 Å². The predicted molar refractivity (Wildman–Crippen MR) is 87.9 cm³/mol. The molecule has 0 saturated carbocycles. The first-order chi connectivity index (χ1) is 9.88. The van der Waals surface area contributed by atoms with Gasteiger partial charge in [0, 0.05) is 0 Å². The van der Waals surface area contributed by atoms with E-state index in [1.54, 1.807) is 0 Å². The summed E-state index contributed by atoms with van der Waals surface area (Å²) in [6.45, 7) is 2.28. The van der Waals surface area contributed by atoms with Crippen LogP contribution in [0.4, 0.5) is 0 Å². The highest BCUT2D eigenvalue weighted by molar-refractivity contribution is 5.18. The summed E-state index contributed by atoms with van der Waals surface area (Å²) in [7, 11) is 0. The number of hydrogen-bond acceptors (Lipinski definition) is 0. The lowest BCUT2D eigenvalue weighted by atomic mass is 9.88. The Bertz CT molecular complexity index is 416. The van der Waals surface area contributed by atoms with Crippen LogP contribution < -0.4 is 0 Å². The Morgan fingerprint density at radius 2 is 1.20 bits per heavy atom. The zero-order valence-corrected chi connectivity index (χ0v) is 12.6. The van der Waals surface area contributed by atoms with Gasteiger partial charge in [-0.15, -0.1) is 0 Å². The van der Waals surface area contributed by atoms with Crippen molar-refractivity contribution in [2.45, 2.75) is 45.4 Å². The summed E-state index contributed by atoms with van der Waals surface area (Å²) in [5.74, 6) is 0.770. The quantitative estimate of drug-likeness (QED) is 0.540. The molecular formula is C20H26. The van der Waals surface area contributed by atoms with Gasteiger partial charge in [0.05, 0.1) is 0 Å². The molecule has 0 aliphatic rings. The van der Waals surface area contributed by atoms with Gasteiger partial charge < -0.3 is 0 Å². The molecule has 0 bridgehead atoms. The van der Waals surface area contributed by atoms with Crippen LogP contribution in [0, 0.1) is 5.92 Å². The van der Waals surface area contributed by atoms with Gasteiger partial charge in [0.1, 0.15) is 0 Å². The smallest absolute Gasteiger partial charge is 0.0247 e. The summed E-state index contributed by atoms with van der Waals surface area (Å²) >= 11 is 0. The highest BCUT2D eigenvalue weighted by atomic mass is 14.2. The van der Waals surface area contributed by atoms with Gasteiger partial charge >= 0.3 is 0 Å². The second-order valence-electron chi connectivity index (χ2n) is 5.74. The van der Waals surface area contributed by atoms with Gasteiger partial charge in [0.15, 0.2) is 0 Å². The molecule has 0 saturated heterocycles. The summed E-state index contributed by atoms with van der Waals surface area (Å²) in [4.78, 5) is 0. The van der Waals surface area contributed by atoms with Crippen LogP contribution in [0.2, 0.25) is 0 Å². The summed E-state index contributed by atoms with van der Waals surface area (Å²) in [6, 6.07) is 21.9. The van der Waals surface area contributed by atoms with Crippen molar-refractivity contribution in [1.29, 1.82) is 0 Å². The van der Waals surface area contributed by atoms with Crippen LogP contribution in [-0.2, 0) is 12.8 Å². The summed E-state index contributed by atoms with van der Waals surface area (Å²) in [5, 5.41) is 0. The number of rotatable bonds is 8. The Morgan fingerprint density at radius 3 is 1.65 bits per heavy atom. The molecule has 2 aromatic carbocycles. The molecule has 0 atom stereocenters. The van der Waals surface area contributed by atoms with Gasteiger partial charge in [-0.3, -0.25) is 0 Å². The average Bonchev–Trinajstić information content (AvgIpc) is 2.49. The van der Waals surface area contributed by atoms with Crippen molar-refractivity contribution in [2.75, 3.05) is 0 Å². The molecule has 0 heterocycles. The average molecular weight is 266 g/mol. The van der Waals surface area contributed by atoms with Crippen molar-refractivity contribution in [2.24, 2.45) is 5.92 Å². The van der Waals surface area contributed by atoms with Crippen LogP contribution in [0.25, 0.3) is 0 Å². The standard InChI is InChI=1S/C20H26/c1-2-3-6-15-20(16-18-11-7-4-8-12-18)17-19-13-9-5-10-14-19/h4-5,7-14,20H,2-3,6,15-17H2,1H3. The second kappa shape index (κ2) is 8.58. The van der Waals surface area contributed by atoms with Crippen molar-refractivity contribution in [3.05, 3.63) is 71.8 Å².